The Hall–Kier alpha value is -6.46. The second-order valence-corrected chi connectivity index (χ2v) is 13.3. The predicted octanol–water partition coefficient (Wildman–Crippen LogP) is 9.77. The van der Waals surface area contributed by atoms with E-state index < -0.39 is 11.3 Å². The van der Waals surface area contributed by atoms with Gasteiger partial charge in [-0.25, -0.2) is 33.3 Å². The van der Waals surface area contributed by atoms with Crippen LogP contribution in [-0.4, -0.2) is 24.5 Å². The third-order valence-electron chi connectivity index (χ3n) is 9.89. The second-order valence-electron chi connectivity index (χ2n) is 13.0. The van der Waals surface area contributed by atoms with Crippen molar-refractivity contribution in [3.05, 3.63) is 146 Å². The summed E-state index contributed by atoms with van der Waals surface area (Å²) in [6.07, 6.45) is 4.27. The highest BCUT2D eigenvalue weighted by Gasteiger charge is 2.22. The smallest absolute Gasteiger partial charge is 0.362 e. The minimum Gasteiger partial charge on any atom is -0.402 e. The first-order chi connectivity index (χ1) is 26.2. The van der Waals surface area contributed by atoms with Gasteiger partial charge in [-0.2, -0.15) is 0 Å². The van der Waals surface area contributed by atoms with Gasteiger partial charge in [0, 0.05) is 61.2 Å². The molecule has 1 N–H and O–H groups in total. The summed E-state index contributed by atoms with van der Waals surface area (Å²) in [5.41, 5.74) is 4.09. The molecule has 10 aromatic rings. The minimum absolute atomic E-state index is 0.234. The molecule has 12 heteroatoms. The number of pyridine rings is 3. The summed E-state index contributed by atoms with van der Waals surface area (Å²) in [5.74, 6) is -0.591. The quantitative estimate of drug-likeness (QED) is 0.179. The summed E-state index contributed by atoms with van der Waals surface area (Å²) in [6, 6.07) is 23.4. The first-order valence-corrected chi connectivity index (χ1v) is 17.7. The average molecular weight is 740 g/mol. The third-order valence-corrected chi connectivity index (χ3v) is 10.2. The van der Waals surface area contributed by atoms with Crippen LogP contribution in [0, 0.1) is 11.6 Å². The Bertz CT molecular complexity index is 3280. The first-order valence-electron chi connectivity index (χ1n) is 17.3. The Morgan fingerprint density at radius 2 is 1.37 bits per heavy atom. The summed E-state index contributed by atoms with van der Waals surface area (Å²) >= 11 is 6.53. The van der Waals surface area contributed by atoms with Crippen LogP contribution in [0.3, 0.4) is 0 Å². The molecule has 0 aliphatic rings. The summed E-state index contributed by atoms with van der Waals surface area (Å²) < 4.78 is 41.3. The number of fused-ring (bicyclic) bond motifs is 11. The van der Waals surface area contributed by atoms with Gasteiger partial charge in [0.1, 0.15) is 27.8 Å². The number of rotatable bonds is 4. The second kappa shape index (κ2) is 12.9. The van der Waals surface area contributed by atoms with E-state index in [1.807, 2.05) is 62.4 Å². The molecule has 0 bridgehead atoms. The van der Waals surface area contributed by atoms with E-state index in [1.54, 1.807) is 35.2 Å². The summed E-state index contributed by atoms with van der Waals surface area (Å²) in [7, 11) is 0. The number of nitrogens with zero attached hydrogens (tertiary/aromatic N) is 4. The molecule has 266 valence electrons. The number of aromatic amines is 1. The fraction of sp³-hybridized carbons (Fsp3) is 0.119. The molecule has 0 aliphatic heterocycles. The predicted molar refractivity (Wildman–Crippen MR) is 207 cm³/mol. The SMILES string of the molecule is CCc1cc2c(cc1F)[nH]c1c(=O)oc3ncccc3c12.CCc1cc2c3c4cccnc4oc(=O)c3n(Cc3cc4ccccc4nc3Cl)c2cc1F. The van der Waals surface area contributed by atoms with Crippen LogP contribution < -0.4 is 11.3 Å². The van der Waals surface area contributed by atoms with Gasteiger partial charge < -0.3 is 18.4 Å². The fourth-order valence-corrected chi connectivity index (χ4v) is 7.52. The molecular weight excluding hydrogens is 712 g/mol. The molecule has 7 aromatic heterocycles. The zero-order chi connectivity index (χ0) is 37.2. The number of nitrogens with one attached hydrogen (secondary N) is 1. The van der Waals surface area contributed by atoms with Crippen LogP contribution in [0.25, 0.3) is 76.7 Å². The maximum absolute atomic E-state index is 14.9. The molecule has 0 fully saturated rings. The fourth-order valence-electron chi connectivity index (χ4n) is 7.32. The van der Waals surface area contributed by atoms with Gasteiger partial charge in [-0.15, -0.1) is 0 Å². The van der Waals surface area contributed by atoms with Crippen molar-refractivity contribution < 1.29 is 17.6 Å². The molecule has 0 amide bonds. The molecule has 0 aliphatic carbocycles. The van der Waals surface area contributed by atoms with Crippen molar-refractivity contribution in [2.24, 2.45) is 0 Å². The van der Waals surface area contributed by atoms with Crippen LogP contribution in [-0.2, 0) is 19.4 Å². The van der Waals surface area contributed by atoms with E-state index in [0.717, 1.165) is 38.0 Å². The molecule has 0 saturated heterocycles. The maximum atomic E-state index is 14.9. The highest BCUT2D eigenvalue weighted by atomic mass is 35.5. The van der Waals surface area contributed by atoms with E-state index in [9.17, 15) is 18.4 Å². The van der Waals surface area contributed by atoms with Gasteiger partial charge in [-0.1, -0.05) is 43.6 Å². The number of hydrogen-bond donors (Lipinski definition) is 1. The lowest BCUT2D eigenvalue weighted by atomic mass is 10.1. The Morgan fingerprint density at radius 1 is 0.722 bits per heavy atom. The van der Waals surface area contributed by atoms with Crippen LogP contribution in [0.15, 0.2) is 110 Å². The summed E-state index contributed by atoms with van der Waals surface area (Å²) in [4.78, 5) is 41.0. The average Bonchev–Trinajstić information content (AvgIpc) is 3.70. The normalized spacial score (nSPS) is 11.8. The van der Waals surface area contributed by atoms with E-state index in [0.29, 0.717) is 67.7 Å². The van der Waals surface area contributed by atoms with Crippen molar-refractivity contribution in [2.45, 2.75) is 33.2 Å². The number of para-hydroxylation sites is 1. The Kier molecular flexibility index (Phi) is 7.97. The number of H-pyrrole nitrogens is 1. The van der Waals surface area contributed by atoms with Crippen LogP contribution in [0.2, 0.25) is 5.15 Å². The van der Waals surface area contributed by atoms with E-state index in [-0.39, 0.29) is 23.9 Å². The van der Waals surface area contributed by atoms with E-state index >= 15 is 0 Å². The van der Waals surface area contributed by atoms with Crippen molar-refractivity contribution in [3.8, 4) is 0 Å². The largest absolute Gasteiger partial charge is 0.402 e. The highest BCUT2D eigenvalue weighted by molar-refractivity contribution is 6.30. The molecule has 0 unspecified atom stereocenters. The zero-order valence-electron chi connectivity index (χ0n) is 28.8. The van der Waals surface area contributed by atoms with Crippen LogP contribution >= 0.6 is 11.6 Å². The van der Waals surface area contributed by atoms with Gasteiger partial charge in [0.15, 0.2) is 0 Å². The van der Waals surface area contributed by atoms with Crippen LogP contribution in [0.4, 0.5) is 8.78 Å². The van der Waals surface area contributed by atoms with Crippen molar-refractivity contribution in [3.63, 3.8) is 0 Å². The standard InChI is InChI=1S/C26H17ClFN3O2.C16H11FN2O2/c1-2-14-11-18-21(12-19(14)28)31(13-16-10-15-6-3-4-8-20(15)30-24(16)27)23-22(18)17-7-5-9-29-25(17)33-26(23)32;1-2-8-6-10-12(7-11(8)17)19-14-13(10)9-4-3-5-18-15(9)21-16(14)20/h3-12H,2,13H2,1H3;3-7,19H,2H2,1H3. The molecule has 0 atom stereocenters. The maximum Gasteiger partial charge on any atom is 0.362 e. The summed E-state index contributed by atoms with van der Waals surface area (Å²) in [5, 5.41) is 5.73. The molecule has 10 rings (SSSR count). The van der Waals surface area contributed by atoms with Gasteiger partial charge in [0.25, 0.3) is 0 Å². The summed E-state index contributed by atoms with van der Waals surface area (Å²) in [6.45, 7) is 4.03. The molecule has 3 aromatic carbocycles. The van der Waals surface area contributed by atoms with Gasteiger partial charge in [0.05, 0.1) is 17.6 Å². The zero-order valence-corrected chi connectivity index (χ0v) is 29.6. The molecule has 9 nitrogen and oxygen atoms in total. The van der Waals surface area contributed by atoms with E-state index in [1.165, 1.54) is 12.1 Å². The minimum atomic E-state index is -0.532. The van der Waals surface area contributed by atoms with Crippen LogP contribution in [0.5, 0.6) is 0 Å². The number of aryl methyl sites for hydroxylation is 2. The monoisotopic (exact) mass is 739 g/mol. The topological polar surface area (TPSA) is 120 Å². The number of aromatic nitrogens is 5. The Balaban J connectivity index is 0.000000157. The first kappa shape index (κ1) is 33.4. The van der Waals surface area contributed by atoms with Gasteiger partial charge in [-0.05, 0) is 84.6 Å². The Morgan fingerprint density at radius 3 is 2.09 bits per heavy atom. The molecule has 0 saturated carbocycles. The third kappa shape index (κ3) is 5.30. The molecular formula is C42H28ClF2N5O4. The molecule has 0 spiro atoms. The number of halogens is 3. The number of benzene rings is 3. The van der Waals surface area contributed by atoms with Crippen molar-refractivity contribution in [1.82, 2.24) is 24.5 Å². The highest BCUT2D eigenvalue weighted by Crippen LogP contribution is 2.36. The Labute approximate surface area is 308 Å². The van der Waals surface area contributed by atoms with Crippen molar-refractivity contribution >= 4 is 88.3 Å². The van der Waals surface area contributed by atoms with E-state index in [2.05, 4.69) is 19.9 Å². The van der Waals surface area contributed by atoms with Gasteiger partial charge in [-0.3, -0.25) is 0 Å². The molecule has 7 heterocycles. The van der Waals surface area contributed by atoms with Crippen molar-refractivity contribution in [2.75, 3.05) is 0 Å². The van der Waals surface area contributed by atoms with Crippen LogP contribution in [0.1, 0.15) is 30.5 Å². The van der Waals surface area contributed by atoms with Gasteiger partial charge in [0.2, 0.25) is 11.4 Å². The lowest BCUT2D eigenvalue weighted by molar-refractivity contribution is 0.553. The molecule has 54 heavy (non-hydrogen) atoms. The lowest BCUT2D eigenvalue weighted by Gasteiger charge is -2.10. The number of hydrogen-bond acceptors (Lipinski definition) is 7. The van der Waals surface area contributed by atoms with Gasteiger partial charge >= 0.3 is 11.3 Å². The van der Waals surface area contributed by atoms with E-state index in [4.69, 9.17) is 20.4 Å². The van der Waals surface area contributed by atoms with Crippen molar-refractivity contribution in [1.29, 1.82) is 0 Å². The lowest BCUT2D eigenvalue weighted by Crippen LogP contribution is -2.09. The molecule has 0 radical (unpaired) electrons.